The van der Waals surface area contributed by atoms with Crippen molar-refractivity contribution in [3.63, 3.8) is 0 Å². The van der Waals surface area contributed by atoms with E-state index >= 15 is 0 Å². The maximum Gasteiger partial charge on any atom is 0.150 e. The van der Waals surface area contributed by atoms with Crippen molar-refractivity contribution < 1.29 is 5.11 Å². The lowest BCUT2D eigenvalue weighted by atomic mass is 10.0. The van der Waals surface area contributed by atoms with Crippen LogP contribution in [-0.2, 0) is 25.8 Å². The minimum atomic E-state index is 0.0814. The Morgan fingerprint density at radius 2 is 1.94 bits per heavy atom. The minimum absolute atomic E-state index is 0.0814. The van der Waals surface area contributed by atoms with E-state index in [0.717, 1.165) is 40.1 Å². The molecule has 3 heterocycles. The zero-order valence-electron chi connectivity index (χ0n) is 18.0. The second-order valence-electron chi connectivity index (χ2n) is 8.26. The van der Waals surface area contributed by atoms with Crippen LogP contribution in [0, 0.1) is 0 Å². The molecule has 3 aromatic heterocycles. The van der Waals surface area contributed by atoms with Gasteiger partial charge in [-0.25, -0.2) is 15.0 Å². The quantitative estimate of drug-likeness (QED) is 0.421. The average molecular weight is 433 g/mol. The summed E-state index contributed by atoms with van der Waals surface area (Å²) in [6.45, 7) is 3.55. The Bertz CT molecular complexity index is 1200. The fourth-order valence-electron chi connectivity index (χ4n) is 4.72. The lowest BCUT2D eigenvalue weighted by Gasteiger charge is -2.23. The summed E-state index contributed by atoms with van der Waals surface area (Å²) in [5, 5.41) is 11.0. The summed E-state index contributed by atoms with van der Waals surface area (Å²) in [6, 6.07) is 10.3. The predicted octanol–water partition coefficient (Wildman–Crippen LogP) is 5.07. The molecule has 6 heteroatoms. The van der Waals surface area contributed by atoms with E-state index < -0.39 is 0 Å². The fraction of sp³-hybridized carbons (Fsp3) is 0.400. The van der Waals surface area contributed by atoms with Crippen LogP contribution in [0.2, 0.25) is 0 Å². The van der Waals surface area contributed by atoms with Gasteiger partial charge in [0.1, 0.15) is 11.2 Å². The highest BCUT2D eigenvalue weighted by Gasteiger charge is 2.25. The van der Waals surface area contributed by atoms with Gasteiger partial charge in [-0.1, -0.05) is 43.7 Å². The summed E-state index contributed by atoms with van der Waals surface area (Å²) in [4.78, 5) is 17.8. The Morgan fingerprint density at radius 3 is 2.74 bits per heavy atom. The number of pyridine rings is 1. The molecule has 0 saturated carbocycles. The number of nitrogens with zero attached hydrogens (tertiary/aromatic N) is 4. The summed E-state index contributed by atoms with van der Waals surface area (Å²) in [5.41, 5.74) is 6.44. The van der Waals surface area contributed by atoms with Crippen LogP contribution in [0.25, 0.3) is 20.4 Å². The maximum absolute atomic E-state index is 9.74. The van der Waals surface area contributed by atoms with Crippen molar-refractivity contribution >= 4 is 37.6 Å². The predicted molar refractivity (Wildman–Crippen MR) is 128 cm³/mol. The van der Waals surface area contributed by atoms with Gasteiger partial charge >= 0.3 is 0 Å². The van der Waals surface area contributed by atoms with E-state index in [1.54, 1.807) is 17.7 Å². The second-order valence-corrected chi connectivity index (χ2v) is 9.26. The van der Waals surface area contributed by atoms with Crippen LogP contribution in [-0.4, -0.2) is 33.2 Å². The van der Waals surface area contributed by atoms with Crippen LogP contribution in [0.1, 0.15) is 48.6 Å². The summed E-state index contributed by atoms with van der Waals surface area (Å²) in [5.74, 6) is 0.896. The van der Waals surface area contributed by atoms with Gasteiger partial charge < -0.3 is 10.0 Å². The van der Waals surface area contributed by atoms with Crippen LogP contribution in [0.15, 0.2) is 36.7 Å². The Kier molecular flexibility index (Phi) is 5.83. The zero-order chi connectivity index (χ0) is 21.2. The Labute approximate surface area is 186 Å². The van der Waals surface area contributed by atoms with Crippen LogP contribution in [0.4, 0.5) is 5.82 Å². The zero-order valence-corrected chi connectivity index (χ0v) is 18.8. The summed E-state index contributed by atoms with van der Waals surface area (Å²) >= 11 is 1.71. The third-order valence-corrected chi connectivity index (χ3v) is 7.26. The number of unbranched alkanes of at least 4 members (excludes halogenated alkanes) is 1. The monoisotopic (exact) mass is 432 g/mol. The summed E-state index contributed by atoms with van der Waals surface area (Å²) in [7, 11) is 0. The molecule has 4 aromatic rings. The number of aliphatic hydroxyl groups excluding tert-OH is 1. The van der Waals surface area contributed by atoms with Crippen molar-refractivity contribution in [3.8, 4) is 0 Å². The van der Waals surface area contributed by atoms with E-state index in [1.807, 2.05) is 18.2 Å². The third-order valence-electron chi connectivity index (χ3n) is 6.19. The molecule has 31 heavy (non-hydrogen) atoms. The number of aromatic nitrogens is 3. The highest BCUT2D eigenvalue weighted by atomic mass is 32.1. The molecule has 0 radical (unpaired) electrons. The van der Waals surface area contributed by atoms with Gasteiger partial charge in [-0.3, -0.25) is 0 Å². The molecule has 1 aliphatic carbocycles. The van der Waals surface area contributed by atoms with E-state index in [4.69, 9.17) is 9.97 Å². The molecule has 0 bridgehead atoms. The molecular weight excluding hydrogens is 404 g/mol. The number of hydrogen-bond donors (Lipinski definition) is 1. The van der Waals surface area contributed by atoms with E-state index in [0.29, 0.717) is 13.1 Å². The van der Waals surface area contributed by atoms with Crippen molar-refractivity contribution in [1.82, 2.24) is 15.0 Å². The highest BCUT2D eigenvalue weighted by Crippen LogP contribution is 2.42. The number of benzene rings is 1. The number of thiophene rings is 1. The molecule has 1 aliphatic rings. The number of rotatable bonds is 8. The molecule has 5 rings (SSSR count). The van der Waals surface area contributed by atoms with Crippen LogP contribution in [0.5, 0.6) is 0 Å². The first-order valence-electron chi connectivity index (χ1n) is 11.3. The topological polar surface area (TPSA) is 62.1 Å². The van der Waals surface area contributed by atoms with Gasteiger partial charge in [0.25, 0.3) is 0 Å². The standard InChI is InChI=1S/C25H28N4OS/c1-2-3-12-20-18-10-7-11-19(18)21-22-23(31-25(21)28-20)24(27-16-26-22)29(13-14-30)15-17-8-5-4-6-9-17/h4-6,8-9,16,30H,2-3,7,10-15H2,1H3. The van der Waals surface area contributed by atoms with Crippen LogP contribution < -0.4 is 4.90 Å². The van der Waals surface area contributed by atoms with Gasteiger partial charge in [0.15, 0.2) is 5.82 Å². The molecule has 0 fully saturated rings. The molecule has 0 unspecified atom stereocenters. The number of anilines is 1. The average Bonchev–Trinajstić information content (AvgIpc) is 3.42. The third kappa shape index (κ3) is 3.79. The summed E-state index contributed by atoms with van der Waals surface area (Å²) in [6.07, 6.45) is 8.56. The lowest BCUT2D eigenvalue weighted by Crippen LogP contribution is -2.27. The maximum atomic E-state index is 9.74. The lowest BCUT2D eigenvalue weighted by molar-refractivity contribution is 0.301. The second kappa shape index (κ2) is 8.89. The smallest absolute Gasteiger partial charge is 0.150 e. The van der Waals surface area contributed by atoms with Crippen LogP contribution in [0.3, 0.4) is 0 Å². The van der Waals surface area contributed by atoms with E-state index in [2.05, 4.69) is 28.9 Å². The number of hydrogen-bond acceptors (Lipinski definition) is 6. The first-order chi connectivity index (χ1) is 15.3. The largest absolute Gasteiger partial charge is 0.395 e. The molecule has 1 N–H and O–H groups in total. The molecule has 0 saturated heterocycles. The van der Waals surface area contributed by atoms with Gasteiger partial charge in [-0.05, 0) is 48.8 Å². The molecule has 1 aromatic carbocycles. The Morgan fingerprint density at radius 1 is 1.10 bits per heavy atom. The van der Waals surface area contributed by atoms with E-state index in [1.165, 1.54) is 47.0 Å². The molecule has 0 spiro atoms. The van der Waals surface area contributed by atoms with E-state index in [-0.39, 0.29) is 6.61 Å². The number of aliphatic hydroxyl groups is 1. The van der Waals surface area contributed by atoms with Crippen LogP contribution >= 0.6 is 11.3 Å². The summed E-state index contributed by atoms with van der Waals surface area (Å²) < 4.78 is 1.08. The van der Waals surface area contributed by atoms with Crippen molar-refractivity contribution in [2.45, 2.75) is 52.0 Å². The van der Waals surface area contributed by atoms with Crippen molar-refractivity contribution in [2.24, 2.45) is 0 Å². The normalized spacial score (nSPS) is 13.2. The Balaban J connectivity index is 1.65. The molecular formula is C25H28N4OS. The van der Waals surface area contributed by atoms with Gasteiger partial charge in [-0.15, -0.1) is 11.3 Å². The fourth-order valence-corrected chi connectivity index (χ4v) is 5.92. The molecule has 160 valence electrons. The molecule has 0 amide bonds. The molecule has 0 aliphatic heterocycles. The Hall–Kier alpha value is -2.57. The van der Waals surface area contributed by atoms with Gasteiger partial charge in [-0.2, -0.15) is 0 Å². The number of fused-ring (bicyclic) bond motifs is 5. The van der Waals surface area contributed by atoms with Crippen molar-refractivity contribution in [3.05, 3.63) is 59.0 Å². The first kappa shape index (κ1) is 20.3. The van der Waals surface area contributed by atoms with Crippen molar-refractivity contribution in [1.29, 1.82) is 0 Å². The van der Waals surface area contributed by atoms with Gasteiger partial charge in [0, 0.05) is 24.2 Å². The molecule has 0 atom stereocenters. The van der Waals surface area contributed by atoms with Gasteiger partial charge in [0.2, 0.25) is 0 Å². The molecule has 5 nitrogen and oxygen atoms in total. The van der Waals surface area contributed by atoms with E-state index in [9.17, 15) is 5.11 Å². The van der Waals surface area contributed by atoms with Gasteiger partial charge in [0.05, 0.1) is 16.8 Å². The number of aryl methyl sites for hydroxylation is 2. The first-order valence-corrected chi connectivity index (χ1v) is 12.1. The SMILES string of the molecule is CCCCc1nc2sc3c(N(CCO)Cc4ccccc4)ncnc3c2c2c1CCC2. The van der Waals surface area contributed by atoms with Crippen molar-refractivity contribution in [2.75, 3.05) is 18.1 Å². The highest BCUT2D eigenvalue weighted by molar-refractivity contribution is 7.26. The minimum Gasteiger partial charge on any atom is -0.395 e.